The highest BCUT2D eigenvalue weighted by atomic mass is 79.9. The fourth-order valence-electron chi connectivity index (χ4n) is 1.59. The summed E-state index contributed by atoms with van der Waals surface area (Å²) in [4.78, 5) is 11.2. The van der Waals surface area contributed by atoms with E-state index in [2.05, 4.69) is 42.0 Å². The van der Waals surface area contributed by atoms with Gasteiger partial charge in [-0.3, -0.25) is 4.79 Å². The van der Waals surface area contributed by atoms with Crippen LogP contribution in [-0.4, -0.2) is 12.5 Å². The van der Waals surface area contributed by atoms with Gasteiger partial charge in [-0.2, -0.15) is 0 Å². The molecule has 0 radical (unpaired) electrons. The second-order valence-electron chi connectivity index (χ2n) is 4.92. The second-order valence-corrected chi connectivity index (χ2v) is 5.78. The first-order chi connectivity index (χ1) is 7.38. The van der Waals surface area contributed by atoms with Crippen LogP contribution in [0.15, 0.2) is 16.6 Å². The van der Waals surface area contributed by atoms with E-state index >= 15 is 0 Å². The number of carbonyl (C=O) groups excluding carboxylic acids is 1. The third-order valence-electron chi connectivity index (χ3n) is 2.53. The highest BCUT2D eigenvalue weighted by molar-refractivity contribution is 9.10. The van der Waals surface area contributed by atoms with Crippen LogP contribution in [0.1, 0.15) is 26.3 Å². The van der Waals surface area contributed by atoms with Crippen LogP contribution in [0.2, 0.25) is 0 Å². The molecule has 1 aromatic rings. The standard InChI is InChI=1S/C12H14BrNO2/c1-12(2,3)7-4-8(13)11-9(5-7)14-10(15)6-16-11/h4-5H,6H2,1-3H3,(H,14,15). The Morgan fingerprint density at radius 3 is 2.69 bits per heavy atom. The Bertz CT molecular complexity index is 449. The highest BCUT2D eigenvalue weighted by Gasteiger charge is 2.23. The maximum absolute atomic E-state index is 11.2. The number of amides is 1. The lowest BCUT2D eigenvalue weighted by atomic mass is 9.86. The van der Waals surface area contributed by atoms with Gasteiger partial charge in [0.2, 0.25) is 0 Å². The Morgan fingerprint density at radius 1 is 1.38 bits per heavy atom. The minimum absolute atomic E-state index is 0.0414. The molecule has 1 heterocycles. The minimum Gasteiger partial charge on any atom is -0.480 e. The number of rotatable bonds is 0. The lowest BCUT2D eigenvalue weighted by Crippen LogP contribution is -2.26. The second kappa shape index (κ2) is 3.77. The number of nitrogens with one attached hydrogen (secondary N) is 1. The summed E-state index contributed by atoms with van der Waals surface area (Å²) in [6.07, 6.45) is 0. The first-order valence-corrected chi connectivity index (χ1v) is 5.94. The molecule has 0 saturated carbocycles. The SMILES string of the molecule is CC(C)(C)c1cc(Br)c2c(c1)NC(=O)CO2. The summed E-state index contributed by atoms with van der Waals surface area (Å²) < 4.78 is 6.26. The number of benzene rings is 1. The van der Waals surface area contributed by atoms with Crippen LogP contribution in [0, 0.1) is 0 Å². The van der Waals surface area contributed by atoms with E-state index < -0.39 is 0 Å². The predicted molar refractivity (Wildman–Crippen MR) is 67.0 cm³/mol. The first kappa shape index (κ1) is 11.5. The summed E-state index contributed by atoms with van der Waals surface area (Å²) in [6.45, 7) is 6.48. The summed E-state index contributed by atoms with van der Waals surface area (Å²) in [5.74, 6) is 0.609. The largest absolute Gasteiger partial charge is 0.480 e. The quantitative estimate of drug-likeness (QED) is 0.795. The van der Waals surface area contributed by atoms with Crippen molar-refractivity contribution in [1.82, 2.24) is 0 Å². The van der Waals surface area contributed by atoms with Gasteiger partial charge in [0.15, 0.2) is 12.4 Å². The molecule has 0 aliphatic carbocycles. The van der Waals surface area contributed by atoms with Crippen molar-refractivity contribution in [3.8, 4) is 5.75 Å². The van der Waals surface area contributed by atoms with Gasteiger partial charge < -0.3 is 10.1 Å². The van der Waals surface area contributed by atoms with Crippen LogP contribution in [-0.2, 0) is 10.2 Å². The predicted octanol–water partition coefficient (Wildman–Crippen LogP) is 3.08. The number of anilines is 1. The van der Waals surface area contributed by atoms with Crippen LogP contribution in [0.3, 0.4) is 0 Å². The third kappa shape index (κ3) is 2.07. The molecule has 1 amide bonds. The van der Waals surface area contributed by atoms with E-state index in [1.807, 2.05) is 12.1 Å². The fourth-order valence-corrected chi connectivity index (χ4v) is 2.16. The van der Waals surface area contributed by atoms with E-state index in [0.29, 0.717) is 5.75 Å². The van der Waals surface area contributed by atoms with E-state index in [1.54, 1.807) is 0 Å². The molecule has 0 saturated heterocycles. The number of ether oxygens (including phenoxy) is 1. The van der Waals surface area contributed by atoms with Gasteiger partial charge >= 0.3 is 0 Å². The Balaban J connectivity index is 2.52. The van der Waals surface area contributed by atoms with E-state index in [1.165, 1.54) is 0 Å². The third-order valence-corrected chi connectivity index (χ3v) is 3.12. The molecular weight excluding hydrogens is 270 g/mol. The average molecular weight is 284 g/mol. The first-order valence-electron chi connectivity index (χ1n) is 5.14. The van der Waals surface area contributed by atoms with Gasteiger partial charge in [0.05, 0.1) is 10.2 Å². The molecule has 1 aliphatic rings. The molecule has 1 N–H and O–H groups in total. The Labute approximate surface area is 103 Å². The van der Waals surface area contributed by atoms with Crippen LogP contribution in [0.5, 0.6) is 5.75 Å². The molecule has 1 aromatic carbocycles. The average Bonchev–Trinajstić information content (AvgIpc) is 2.15. The van der Waals surface area contributed by atoms with Gasteiger partial charge in [0, 0.05) is 0 Å². The Kier molecular flexibility index (Phi) is 2.70. The highest BCUT2D eigenvalue weighted by Crippen LogP contribution is 2.39. The summed E-state index contributed by atoms with van der Waals surface area (Å²) in [5, 5.41) is 2.82. The van der Waals surface area contributed by atoms with Crippen molar-refractivity contribution in [3.63, 3.8) is 0 Å². The van der Waals surface area contributed by atoms with Crippen LogP contribution >= 0.6 is 15.9 Å². The van der Waals surface area contributed by atoms with Crippen molar-refractivity contribution in [2.24, 2.45) is 0 Å². The summed E-state index contributed by atoms with van der Waals surface area (Å²) in [7, 11) is 0. The molecule has 2 rings (SSSR count). The molecule has 0 spiro atoms. The number of fused-ring (bicyclic) bond motifs is 1. The van der Waals surface area contributed by atoms with Crippen LogP contribution in [0.25, 0.3) is 0 Å². The van der Waals surface area contributed by atoms with Crippen molar-refractivity contribution in [2.75, 3.05) is 11.9 Å². The van der Waals surface area contributed by atoms with E-state index in [9.17, 15) is 4.79 Å². The van der Waals surface area contributed by atoms with Gasteiger partial charge in [-0.1, -0.05) is 20.8 Å². The monoisotopic (exact) mass is 283 g/mol. The van der Waals surface area contributed by atoms with Crippen molar-refractivity contribution in [3.05, 3.63) is 22.2 Å². The Hall–Kier alpha value is -1.03. The molecular formula is C12H14BrNO2. The molecule has 0 atom stereocenters. The zero-order valence-corrected chi connectivity index (χ0v) is 11.1. The summed E-state index contributed by atoms with van der Waals surface area (Å²) in [6, 6.07) is 4.01. The topological polar surface area (TPSA) is 38.3 Å². The van der Waals surface area contributed by atoms with Crippen LogP contribution in [0.4, 0.5) is 5.69 Å². The van der Waals surface area contributed by atoms with Crippen molar-refractivity contribution in [2.45, 2.75) is 26.2 Å². The van der Waals surface area contributed by atoms with Crippen molar-refractivity contribution < 1.29 is 9.53 Å². The summed E-state index contributed by atoms with van der Waals surface area (Å²) in [5.41, 5.74) is 1.94. The Morgan fingerprint density at radius 2 is 2.06 bits per heavy atom. The lowest BCUT2D eigenvalue weighted by molar-refractivity contribution is -0.118. The molecule has 0 bridgehead atoms. The van der Waals surface area contributed by atoms with E-state index in [-0.39, 0.29) is 17.9 Å². The number of hydrogen-bond donors (Lipinski definition) is 1. The fraction of sp³-hybridized carbons (Fsp3) is 0.417. The normalized spacial score (nSPS) is 15.1. The number of carbonyl (C=O) groups is 1. The molecule has 0 unspecified atom stereocenters. The lowest BCUT2D eigenvalue weighted by Gasteiger charge is -2.25. The molecule has 3 nitrogen and oxygen atoms in total. The zero-order chi connectivity index (χ0) is 11.9. The maximum atomic E-state index is 11.2. The molecule has 16 heavy (non-hydrogen) atoms. The van der Waals surface area contributed by atoms with E-state index in [0.717, 1.165) is 15.7 Å². The van der Waals surface area contributed by atoms with Gasteiger partial charge in [-0.05, 0) is 39.0 Å². The molecule has 0 aromatic heterocycles. The molecule has 0 fully saturated rings. The van der Waals surface area contributed by atoms with Gasteiger partial charge in [0.1, 0.15) is 0 Å². The molecule has 86 valence electrons. The van der Waals surface area contributed by atoms with Crippen molar-refractivity contribution in [1.29, 1.82) is 0 Å². The molecule has 1 aliphatic heterocycles. The van der Waals surface area contributed by atoms with Gasteiger partial charge in [-0.15, -0.1) is 0 Å². The minimum atomic E-state index is -0.106. The van der Waals surface area contributed by atoms with E-state index in [4.69, 9.17) is 4.74 Å². The van der Waals surface area contributed by atoms with Gasteiger partial charge in [-0.25, -0.2) is 0 Å². The maximum Gasteiger partial charge on any atom is 0.262 e. The smallest absolute Gasteiger partial charge is 0.262 e. The zero-order valence-electron chi connectivity index (χ0n) is 9.56. The molecule has 4 heteroatoms. The van der Waals surface area contributed by atoms with Crippen LogP contribution < -0.4 is 10.1 Å². The van der Waals surface area contributed by atoms with Gasteiger partial charge in [0.25, 0.3) is 5.91 Å². The van der Waals surface area contributed by atoms with Crippen molar-refractivity contribution >= 4 is 27.5 Å². The summed E-state index contributed by atoms with van der Waals surface area (Å²) >= 11 is 3.47. The number of halogens is 1. The number of hydrogen-bond acceptors (Lipinski definition) is 2.